The molecule has 20 heavy (non-hydrogen) atoms. The SMILES string of the molecule is CC(=O)NC1CCN(c2cc([N+](=O)[O-])cc(Cl)n2)CC1. The highest BCUT2D eigenvalue weighted by molar-refractivity contribution is 6.29. The van der Waals surface area contributed by atoms with Gasteiger partial charge in [-0.1, -0.05) is 11.6 Å². The summed E-state index contributed by atoms with van der Waals surface area (Å²) in [6.45, 7) is 2.85. The first-order valence-electron chi connectivity index (χ1n) is 6.30. The van der Waals surface area contributed by atoms with Gasteiger partial charge < -0.3 is 10.2 Å². The molecule has 1 N–H and O–H groups in total. The Bertz CT molecular complexity index is 529. The van der Waals surface area contributed by atoms with Crippen LogP contribution in [0.15, 0.2) is 12.1 Å². The first-order chi connectivity index (χ1) is 9.45. The number of pyridine rings is 1. The first kappa shape index (κ1) is 14.5. The Kier molecular flexibility index (Phi) is 4.39. The molecular weight excluding hydrogens is 284 g/mol. The summed E-state index contributed by atoms with van der Waals surface area (Å²) < 4.78 is 0. The summed E-state index contributed by atoms with van der Waals surface area (Å²) in [6, 6.07) is 2.80. The maximum atomic E-state index is 11.0. The highest BCUT2D eigenvalue weighted by Gasteiger charge is 2.22. The van der Waals surface area contributed by atoms with Crippen LogP contribution in [0.3, 0.4) is 0 Å². The van der Waals surface area contributed by atoms with Gasteiger partial charge in [-0.15, -0.1) is 0 Å². The van der Waals surface area contributed by atoms with Crippen LogP contribution >= 0.6 is 11.6 Å². The van der Waals surface area contributed by atoms with E-state index in [1.807, 2.05) is 4.90 Å². The molecule has 1 aliphatic rings. The predicted octanol–water partition coefficient (Wildman–Crippen LogP) is 1.75. The van der Waals surface area contributed by atoms with Crippen molar-refractivity contribution in [1.82, 2.24) is 10.3 Å². The Hall–Kier alpha value is -1.89. The van der Waals surface area contributed by atoms with E-state index in [-0.39, 0.29) is 22.8 Å². The minimum absolute atomic E-state index is 0.0417. The smallest absolute Gasteiger partial charge is 0.276 e. The van der Waals surface area contributed by atoms with Gasteiger partial charge in [0.2, 0.25) is 5.91 Å². The van der Waals surface area contributed by atoms with E-state index in [0.717, 1.165) is 12.8 Å². The highest BCUT2D eigenvalue weighted by atomic mass is 35.5. The van der Waals surface area contributed by atoms with E-state index < -0.39 is 4.92 Å². The van der Waals surface area contributed by atoms with Gasteiger partial charge >= 0.3 is 0 Å². The Morgan fingerprint density at radius 2 is 2.15 bits per heavy atom. The van der Waals surface area contributed by atoms with Crippen LogP contribution < -0.4 is 10.2 Å². The van der Waals surface area contributed by atoms with Crippen molar-refractivity contribution in [3.05, 3.63) is 27.4 Å². The molecule has 1 aliphatic heterocycles. The molecule has 7 nitrogen and oxygen atoms in total. The van der Waals surface area contributed by atoms with Crippen molar-refractivity contribution in [2.24, 2.45) is 0 Å². The monoisotopic (exact) mass is 298 g/mol. The molecule has 0 unspecified atom stereocenters. The summed E-state index contributed by atoms with van der Waals surface area (Å²) in [7, 11) is 0. The number of nitrogens with one attached hydrogen (secondary N) is 1. The molecule has 1 amide bonds. The van der Waals surface area contributed by atoms with Crippen molar-refractivity contribution < 1.29 is 9.72 Å². The summed E-state index contributed by atoms with van der Waals surface area (Å²) in [5, 5.41) is 13.8. The van der Waals surface area contributed by atoms with E-state index >= 15 is 0 Å². The van der Waals surface area contributed by atoms with Gasteiger partial charge in [0.1, 0.15) is 11.0 Å². The molecule has 1 aromatic rings. The van der Waals surface area contributed by atoms with Gasteiger partial charge in [-0.2, -0.15) is 0 Å². The van der Waals surface area contributed by atoms with E-state index in [1.165, 1.54) is 19.1 Å². The second kappa shape index (κ2) is 6.04. The lowest BCUT2D eigenvalue weighted by Crippen LogP contribution is -2.44. The van der Waals surface area contributed by atoms with Gasteiger partial charge in [0.25, 0.3) is 5.69 Å². The number of anilines is 1. The number of amides is 1. The van der Waals surface area contributed by atoms with Crippen molar-refractivity contribution >= 4 is 29.0 Å². The predicted molar refractivity (Wildman–Crippen MR) is 75.0 cm³/mol. The normalized spacial score (nSPS) is 16.0. The fraction of sp³-hybridized carbons (Fsp3) is 0.500. The molecule has 0 radical (unpaired) electrons. The van der Waals surface area contributed by atoms with E-state index in [2.05, 4.69) is 10.3 Å². The molecule has 2 rings (SSSR count). The molecule has 2 heterocycles. The number of aromatic nitrogens is 1. The summed E-state index contributed by atoms with van der Waals surface area (Å²) in [5.41, 5.74) is -0.0658. The lowest BCUT2D eigenvalue weighted by atomic mass is 10.1. The fourth-order valence-electron chi connectivity index (χ4n) is 2.28. The van der Waals surface area contributed by atoms with E-state index in [4.69, 9.17) is 11.6 Å². The molecule has 0 aliphatic carbocycles. The summed E-state index contributed by atoms with van der Waals surface area (Å²) in [5.74, 6) is 0.463. The van der Waals surface area contributed by atoms with Crippen LogP contribution in [-0.4, -0.2) is 34.9 Å². The molecule has 8 heteroatoms. The van der Waals surface area contributed by atoms with Crippen LogP contribution in [0, 0.1) is 10.1 Å². The minimum atomic E-state index is -0.485. The quantitative estimate of drug-likeness (QED) is 0.522. The second-order valence-electron chi connectivity index (χ2n) is 4.73. The number of rotatable bonds is 3. The fourth-order valence-corrected chi connectivity index (χ4v) is 2.48. The molecule has 108 valence electrons. The van der Waals surface area contributed by atoms with Crippen molar-refractivity contribution in [2.75, 3.05) is 18.0 Å². The molecule has 0 spiro atoms. The van der Waals surface area contributed by atoms with Crippen LogP contribution in [0.25, 0.3) is 0 Å². The molecular formula is C12H15ClN4O3. The molecule has 1 fully saturated rings. The Morgan fingerprint density at radius 1 is 1.50 bits per heavy atom. The number of halogens is 1. The van der Waals surface area contributed by atoms with Crippen LogP contribution in [0.4, 0.5) is 11.5 Å². The molecule has 1 aromatic heterocycles. The van der Waals surface area contributed by atoms with Gasteiger partial charge in [-0.25, -0.2) is 4.98 Å². The zero-order valence-corrected chi connectivity index (χ0v) is 11.8. The van der Waals surface area contributed by atoms with Crippen LogP contribution in [0.5, 0.6) is 0 Å². The van der Waals surface area contributed by atoms with E-state index in [9.17, 15) is 14.9 Å². The van der Waals surface area contributed by atoms with Gasteiger partial charge in [-0.3, -0.25) is 14.9 Å². The zero-order valence-electron chi connectivity index (χ0n) is 11.0. The van der Waals surface area contributed by atoms with Gasteiger partial charge in [-0.05, 0) is 12.8 Å². The Morgan fingerprint density at radius 3 is 2.70 bits per heavy atom. The number of hydrogen-bond donors (Lipinski definition) is 1. The topological polar surface area (TPSA) is 88.4 Å². The third kappa shape index (κ3) is 3.57. The largest absolute Gasteiger partial charge is 0.356 e. The van der Waals surface area contributed by atoms with Crippen LogP contribution in [0.2, 0.25) is 5.15 Å². The third-order valence-electron chi connectivity index (χ3n) is 3.20. The third-order valence-corrected chi connectivity index (χ3v) is 3.40. The number of nitro groups is 1. The highest BCUT2D eigenvalue weighted by Crippen LogP contribution is 2.25. The molecule has 0 bridgehead atoms. The number of hydrogen-bond acceptors (Lipinski definition) is 5. The number of piperidine rings is 1. The first-order valence-corrected chi connectivity index (χ1v) is 6.67. The molecule has 1 saturated heterocycles. The van der Waals surface area contributed by atoms with Crippen molar-refractivity contribution in [1.29, 1.82) is 0 Å². The minimum Gasteiger partial charge on any atom is -0.356 e. The average Bonchev–Trinajstić information content (AvgIpc) is 2.38. The summed E-state index contributed by atoms with van der Waals surface area (Å²) in [4.78, 5) is 27.4. The van der Waals surface area contributed by atoms with Crippen LogP contribution in [0.1, 0.15) is 19.8 Å². The van der Waals surface area contributed by atoms with Crippen LogP contribution in [-0.2, 0) is 4.79 Å². The molecule has 0 atom stereocenters. The van der Waals surface area contributed by atoms with E-state index in [1.54, 1.807) is 0 Å². The summed E-state index contributed by atoms with van der Waals surface area (Å²) in [6.07, 6.45) is 1.56. The van der Waals surface area contributed by atoms with Gasteiger partial charge in [0, 0.05) is 26.1 Å². The number of nitrogens with zero attached hydrogens (tertiary/aromatic N) is 3. The zero-order chi connectivity index (χ0) is 14.7. The number of carbonyl (C=O) groups is 1. The summed E-state index contributed by atoms with van der Waals surface area (Å²) >= 11 is 5.81. The van der Waals surface area contributed by atoms with Crippen molar-refractivity contribution in [3.63, 3.8) is 0 Å². The van der Waals surface area contributed by atoms with Gasteiger partial charge in [0.05, 0.1) is 17.1 Å². The Labute approximate surface area is 121 Å². The maximum absolute atomic E-state index is 11.0. The number of carbonyl (C=O) groups excluding carboxylic acids is 1. The van der Waals surface area contributed by atoms with E-state index in [0.29, 0.717) is 18.9 Å². The Balaban J connectivity index is 2.07. The molecule has 0 aromatic carbocycles. The molecule has 0 saturated carbocycles. The lowest BCUT2D eigenvalue weighted by Gasteiger charge is -2.32. The lowest BCUT2D eigenvalue weighted by molar-refractivity contribution is -0.384. The maximum Gasteiger partial charge on any atom is 0.276 e. The second-order valence-corrected chi connectivity index (χ2v) is 5.11. The van der Waals surface area contributed by atoms with Gasteiger partial charge in [0.15, 0.2) is 0 Å². The van der Waals surface area contributed by atoms with Crippen molar-refractivity contribution in [3.8, 4) is 0 Å². The standard InChI is InChI=1S/C12H15ClN4O3/c1-8(18)14-9-2-4-16(5-3-9)12-7-10(17(19)20)6-11(13)15-12/h6-7,9H,2-5H2,1H3,(H,14,18). The van der Waals surface area contributed by atoms with Crippen molar-refractivity contribution in [2.45, 2.75) is 25.8 Å². The average molecular weight is 299 g/mol.